The van der Waals surface area contributed by atoms with Crippen molar-refractivity contribution in [2.45, 2.75) is 138 Å². The molecule has 0 spiro atoms. The van der Waals surface area contributed by atoms with Gasteiger partial charge in [-0.25, -0.2) is 0 Å². The topological polar surface area (TPSA) is 113 Å². The van der Waals surface area contributed by atoms with Crippen molar-refractivity contribution in [3.63, 3.8) is 0 Å². The number of halogens is 1. The third-order valence-corrected chi connectivity index (χ3v) is 16.4. The first-order valence-electron chi connectivity index (χ1n) is 22.1. The number of aliphatic carboxylic acids is 1. The quantitative estimate of drug-likeness (QED) is 0.184. The fourth-order valence-corrected chi connectivity index (χ4v) is 13.6. The highest BCUT2D eigenvalue weighted by Crippen LogP contribution is 2.72. The number of carbonyl (C=O) groups is 4. The van der Waals surface area contributed by atoms with Crippen molar-refractivity contribution in [1.29, 1.82) is 0 Å². The van der Waals surface area contributed by atoms with Gasteiger partial charge < -0.3 is 19.5 Å². The van der Waals surface area contributed by atoms with Gasteiger partial charge in [0, 0.05) is 50.0 Å². The summed E-state index contributed by atoms with van der Waals surface area (Å²) in [6.07, 6.45) is 7.44. The number of Topliss-reactive ketones (excluding diaryl/α,β-unsaturated/α-hetero) is 1. The second kappa shape index (κ2) is 17.0. The Balaban J connectivity index is 1.29. The first-order chi connectivity index (χ1) is 27.1. The number of nitrogens with zero attached hydrogens (tertiary/aromatic N) is 2. The summed E-state index contributed by atoms with van der Waals surface area (Å²) < 4.78 is 12.6. The van der Waals surface area contributed by atoms with Crippen LogP contribution in [0.15, 0.2) is 35.4 Å². The summed E-state index contributed by atoms with van der Waals surface area (Å²) in [5.41, 5.74) is 1.87. The van der Waals surface area contributed by atoms with Crippen molar-refractivity contribution in [3.8, 4) is 0 Å². The predicted octanol–water partition coefficient (Wildman–Crippen LogP) is 9.25. The molecule has 5 aliphatic carbocycles. The highest BCUT2D eigenvalue weighted by molar-refractivity contribution is 6.30. The normalized spacial score (nSPS) is 34.0. The molecule has 1 aromatic carbocycles. The van der Waals surface area contributed by atoms with Crippen molar-refractivity contribution in [3.05, 3.63) is 46.0 Å². The van der Waals surface area contributed by atoms with Gasteiger partial charge in [0.2, 0.25) is 0 Å². The van der Waals surface area contributed by atoms with Crippen LogP contribution in [0.25, 0.3) is 0 Å². The number of benzene rings is 1. The second-order valence-corrected chi connectivity index (χ2v) is 21.3. The molecular weight excluding hydrogens is 752 g/mol. The first-order valence-corrected chi connectivity index (χ1v) is 22.5. The zero-order valence-corrected chi connectivity index (χ0v) is 37.8. The molecule has 1 aromatic rings. The molecule has 4 fully saturated rings. The van der Waals surface area contributed by atoms with Crippen LogP contribution in [0.1, 0.15) is 125 Å². The Hall–Kier alpha value is -2.75. The van der Waals surface area contributed by atoms with Crippen LogP contribution in [-0.4, -0.2) is 84.5 Å². The van der Waals surface area contributed by atoms with Crippen molar-refractivity contribution >= 4 is 35.3 Å². The number of hydrogen-bond donors (Lipinski definition) is 1. The van der Waals surface area contributed by atoms with Gasteiger partial charge in [0.15, 0.2) is 5.78 Å². The van der Waals surface area contributed by atoms with E-state index in [1.165, 1.54) is 12.5 Å². The van der Waals surface area contributed by atoms with Gasteiger partial charge in [0.25, 0.3) is 0 Å². The Bertz CT molecular complexity index is 1770. The Labute approximate surface area is 353 Å². The Morgan fingerprint density at radius 2 is 1.66 bits per heavy atom. The van der Waals surface area contributed by atoms with Gasteiger partial charge in [-0.3, -0.25) is 24.1 Å². The van der Waals surface area contributed by atoms with E-state index in [-0.39, 0.29) is 52.9 Å². The lowest BCUT2D eigenvalue weighted by atomic mass is 9.38. The zero-order chi connectivity index (χ0) is 42.5. The van der Waals surface area contributed by atoms with E-state index < -0.39 is 28.9 Å². The number of likely N-dealkylation sites (N-methyl/N-ethyl adjacent to an activating group) is 1. The van der Waals surface area contributed by atoms with Crippen LogP contribution >= 0.6 is 11.6 Å². The Kier molecular flexibility index (Phi) is 13.1. The second-order valence-electron chi connectivity index (χ2n) is 20.8. The maximum absolute atomic E-state index is 14.4. The van der Waals surface area contributed by atoms with Gasteiger partial charge in [-0.1, -0.05) is 58.4 Å². The minimum atomic E-state index is -1.16. The minimum Gasteiger partial charge on any atom is -0.481 e. The summed E-state index contributed by atoms with van der Waals surface area (Å²) in [6.45, 7) is 19.1. The number of carboxylic acids is 1. The maximum Gasteiger partial charge on any atom is 0.309 e. The van der Waals surface area contributed by atoms with Gasteiger partial charge in [-0.15, -0.1) is 0 Å². The molecule has 0 aliphatic heterocycles. The molecule has 10 heteroatoms. The molecule has 9 nitrogen and oxygen atoms in total. The van der Waals surface area contributed by atoms with Crippen LogP contribution in [0.3, 0.4) is 0 Å². The van der Waals surface area contributed by atoms with E-state index in [1.54, 1.807) is 13.8 Å². The number of esters is 2. The minimum absolute atomic E-state index is 0.0797. The summed E-state index contributed by atoms with van der Waals surface area (Å²) in [4.78, 5) is 56.9. The summed E-state index contributed by atoms with van der Waals surface area (Å²) in [5, 5.41) is 10.3. The van der Waals surface area contributed by atoms with Gasteiger partial charge >= 0.3 is 17.9 Å². The third-order valence-electron chi connectivity index (χ3n) is 16.1. The number of allylic oxidation sites excluding steroid dienone is 1. The highest BCUT2D eigenvalue weighted by Gasteiger charge is 2.66. The van der Waals surface area contributed by atoms with E-state index in [9.17, 15) is 24.3 Å². The fraction of sp³-hybridized carbons (Fsp3) is 0.750. The molecule has 6 rings (SSSR count). The molecule has 0 aromatic heterocycles. The lowest BCUT2D eigenvalue weighted by molar-refractivity contribution is -0.194. The van der Waals surface area contributed by atoms with E-state index in [0.29, 0.717) is 42.3 Å². The molecule has 10 unspecified atom stereocenters. The lowest BCUT2D eigenvalue weighted by Gasteiger charge is -2.67. The van der Waals surface area contributed by atoms with Crippen molar-refractivity contribution in [2.75, 3.05) is 33.7 Å². The zero-order valence-electron chi connectivity index (χ0n) is 37.0. The van der Waals surface area contributed by atoms with Crippen LogP contribution in [0, 0.1) is 57.2 Å². The first kappa shape index (κ1) is 44.8. The molecule has 10 atom stereocenters. The van der Waals surface area contributed by atoms with E-state index >= 15 is 0 Å². The molecule has 1 N–H and O–H groups in total. The molecule has 0 saturated heterocycles. The summed E-state index contributed by atoms with van der Waals surface area (Å²) in [7, 11) is 4.15. The largest absolute Gasteiger partial charge is 0.481 e. The predicted molar refractivity (Wildman–Crippen MR) is 227 cm³/mol. The number of carboxylic acid groups (broad SMARTS) is 1. The van der Waals surface area contributed by atoms with Crippen LogP contribution in [-0.2, 0) is 35.2 Å². The van der Waals surface area contributed by atoms with Crippen molar-refractivity contribution in [2.24, 2.45) is 57.2 Å². The lowest BCUT2D eigenvalue weighted by Crippen LogP contribution is -2.61. The number of fused-ring (bicyclic) bond motifs is 7. The van der Waals surface area contributed by atoms with Gasteiger partial charge in [-0.05, 0) is 154 Å². The number of hydrogen-bond acceptors (Lipinski definition) is 8. The molecule has 322 valence electrons. The van der Waals surface area contributed by atoms with Crippen LogP contribution < -0.4 is 0 Å². The third kappa shape index (κ3) is 8.44. The number of carbonyl (C=O) groups excluding carboxylic acids is 3. The van der Waals surface area contributed by atoms with E-state index in [0.717, 1.165) is 75.6 Å². The monoisotopic (exact) mass is 822 g/mol. The van der Waals surface area contributed by atoms with Gasteiger partial charge in [-0.2, -0.15) is 0 Å². The Morgan fingerprint density at radius 3 is 2.29 bits per heavy atom. The van der Waals surface area contributed by atoms with Crippen LogP contribution in [0.2, 0.25) is 5.02 Å². The molecule has 58 heavy (non-hydrogen) atoms. The molecule has 0 amide bonds. The van der Waals surface area contributed by atoms with Crippen LogP contribution in [0.5, 0.6) is 0 Å². The molecule has 4 saturated carbocycles. The van der Waals surface area contributed by atoms with Gasteiger partial charge in [0.1, 0.15) is 12.2 Å². The Morgan fingerprint density at radius 1 is 0.983 bits per heavy atom. The molecule has 0 heterocycles. The smallest absolute Gasteiger partial charge is 0.309 e. The van der Waals surface area contributed by atoms with E-state index in [4.69, 9.17) is 21.1 Å². The highest BCUT2D eigenvalue weighted by atomic mass is 35.5. The summed E-state index contributed by atoms with van der Waals surface area (Å²) in [6, 6.07) is 7.97. The average molecular weight is 824 g/mol. The van der Waals surface area contributed by atoms with E-state index in [1.807, 2.05) is 18.2 Å². The molecule has 5 aliphatic rings. The summed E-state index contributed by atoms with van der Waals surface area (Å²) in [5.74, 6) is 0.368. The fourth-order valence-electron chi connectivity index (χ4n) is 13.4. The van der Waals surface area contributed by atoms with Gasteiger partial charge in [0.05, 0.1) is 11.8 Å². The maximum atomic E-state index is 14.4. The average Bonchev–Trinajstić information content (AvgIpc) is 3.44. The van der Waals surface area contributed by atoms with Crippen molar-refractivity contribution < 1.29 is 33.8 Å². The number of rotatable bonds is 14. The van der Waals surface area contributed by atoms with Crippen LogP contribution in [0.4, 0.5) is 0 Å². The number of ether oxygens (including phenoxy) is 2. The standard InChI is InChI=1S/C48H71ClN2O7/c1-29(2)42-37(53)25-48(40(57-31(4)52)28-51(23-22-50(9)10)27-32-12-11-13-33(49)24-32)21-17-36-34(43(42)48)14-15-39-46(7)20-18-38(30(3)35(46)16-19-47(36,39)8)58-41(54)26-45(5,6)44(55)56/h11-13,24,29-30,34-36,38-40H,14-23,25-28H2,1-10H3,(H,55,56). The number of ketones is 1. The SMILES string of the molecule is CC(=O)OC(CN(CCN(C)C)Cc1cccc(Cl)c1)C12CCC3C(CCC4C3(C)CCC3C(C)C(OC(=O)CC(C)(C)C(=O)O)CCC34C)C1=C(C(C)C)C(=O)C2. The van der Waals surface area contributed by atoms with Crippen molar-refractivity contribution in [1.82, 2.24) is 9.80 Å². The van der Waals surface area contributed by atoms with E-state index in [2.05, 4.69) is 64.6 Å². The molecular formula is C48H71ClN2O7. The molecule has 0 bridgehead atoms. The summed E-state index contributed by atoms with van der Waals surface area (Å²) >= 11 is 6.44. The molecule has 0 radical (unpaired) electrons.